The van der Waals surface area contributed by atoms with Gasteiger partial charge in [0.15, 0.2) is 5.78 Å². The first kappa shape index (κ1) is 11.2. The molecule has 80 valence electrons. The Hall–Kier alpha value is -1.84. The maximum absolute atomic E-state index is 11.4. The topological polar surface area (TPSA) is 66.4 Å². The highest BCUT2D eigenvalue weighted by Crippen LogP contribution is 2.13. The van der Waals surface area contributed by atoms with Crippen LogP contribution in [0.2, 0.25) is 0 Å². The van der Waals surface area contributed by atoms with Gasteiger partial charge in [0.1, 0.15) is 5.75 Å². The molecule has 0 heterocycles. The third kappa shape index (κ3) is 3.42. The number of hydrogen-bond acceptors (Lipinski definition) is 4. The second kappa shape index (κ2) is 5.14. The van der Waals surface area contributed by atoms with Gasteiger partial charge in [0.25, 0.3) is 0 Å². The van der Waals surface area contributed by atoms with E-state index >= 15 is 0 Å². The van der Waals surface area contributed by atoms with Crippen LogP contribution in [0.15, 0.2) is 24.3 Å². The zero-order chi connectivity index (χ0) is 11.3. The summed E-state index contributed by atoms with van der Waals surface area (Å²) in [6.45, 7) is 0. The number of benzene rings is 1. The first-order valence-electron chi connectivity index (χ1n) is 4.50. The maximum atomic E-state index is 11.4. The molecule has 0 aliphatic rings. The average Bonchev–Trinajstić information content (AvgIpc) is 2.26. The average molecular weight is 207 g/mol. The summed E-state index contributed by atoms with van der Waals surface area (Å²) in [4.78, 5) is 21.6. The third-order valence-corrected chi connectivity index (χ3v) is 1.97. The van der Waals surface area contributed by atoms with Gasteiger partial charge in [-0.1, -0.05) is 0 Å². The van der Waals surface area contributed by atoms with Crippen molar-refractivity contribution in [2.75, 3.05) is 7.11 Å². The summed E-state index contributed by atoms with van der Waals surface area (Å²) in [5.41, 5.74) is 0.483. The molecule has 0 fully saturated rings. The van der Waals surface area contributed by atoms with Gasteiger partial charge in [0.05, 0.1) is 7.11 Å². The summed E-state index contributed by atoms with van der Waals surface area (Å²) in [7, 11) is 1.53. The van der Waals surface area contributed by atoms with Crippen LogP contribution in [-0.4, -0.2) is 18.9 Å². The van der Waals surface area contributed by atoms with Crippen LogP contribution >= 0.6 is 0 Å². The highest BCUT2D eigenvalue weighted by molar-refractivity contribution is 5.97. The minimum Gasteiger partial charge on any atom is -0.550 e. The van der Waals surface area contributed by atoms with E-state index < -0.39 is 5.97 Å². The normalized spacial score (nSPS) is 9.67. The van der Waals surface area contributed by atoms with Gasteiger partial charge in [0, 0.05) is 18.0 Å². The van der Waals surface area contributed by atoms with Gasteiger partial charge in [-0.15, -0.1) is 0 Å². The molecule has 1 aromatic carbocycles. The van der Waals surface area contributed by atoms with Crippen LogP contribution in [-0.2, 0) is 4.79 Å². The number of hydrogen-bond donors (Lipinski definition) is 0. The lowest BCUT2D eigenvalue weighted by atomic mass is 10.1. The minimum atomic E-state index is -1.21. The van der Waals surface area contributed by atoms with Crippen LogP contribution in [0.5, 0.6) is 5.75 Å². The zero-order valence-corrected chi connectivity index (χ0v) is 8.36. The summed E-state index contributed by atoms with van der Waals surface area (Å²) in [6, 6.07) is 6.53. The van der Waals surface area contributed by atoms with Crippen molar-refractivity contribution in [2.24, 2.45) is 0 Å². The van der Waals surface area contributed by atoms with Crippen LogP contribution in [0.25, 0.3) is 0 Å². The Balaban J connectivity index is 2.62. The van der Waals surface area contributed by atoms with Crippen molar-refractivity contribution in [1.29, 1.82) is 0 Å². The molecule has 0 aliphatic heterocycles. The van der Waals surface area contributed by atoms with Crippen molar-refractivity contribution >= 4 is 11.8 Å². The number of ether oxygens (including phenoxy) is 1. The van der Waals surface area contributed by atoms with E-state index in [0.717, 1.165) is 0 Å². The van der Waals surface area contributed by atoms with E-state index in [-0.39, 0.29) is 18.6 Å². The van der Waals surface area contributed by atoms with Crippen LogP contribution in [0.1, 0.15) is 23.2 Å². The quantitative estimate of drug-likeness (QED) is 0.656. The minimum absolute atomic E-state index is 0.0331. The summed E-state index contributed by atoms with van der Waals surface area (Å²) in [5.74, 6) is -0.759. The smallest absolute Gasteiger partial charge is 0.163 e. The number of ketones is 1. The van der Waals surface area contributed by atoms with Crippen LogP contribution in [0.4, 0.5) is 0 Å². The van der Waals surface area contributed by atoms with Crippen molar-refractivity contribution in [3.8, 4) is 5.75 Å². The lowest BCUT2D eigenvalue weighted by molar-refractivity contribution is -0.305. The third-order valence-electron chi connectivity index (χ3n) is 1.97. The Morgan fingerprint density at radius 3 is 2.27 bits per heavy atom. The number of Topliss-reactive ketones (excluding diaryl/α,β-unsaturated/α-hetero) is 1. The van der Waals surface area contributed by atoms with Gasteiger partial charge in [-0.05, 0) is 30.7 Å². The van der Waals surface area contributed by atoms with E-state index in [2.05, 4.69) is 0 Å². The zero-order valence-electron chi connectivity index (χ0n) is 8.36. The Labute approximate surface area is 87.5 Å². The fourth-order valence-electron chi connectivity index (χ4n) is 1.14. The Morgan fingerprint density at radius 2 is 1.80 bits per heavy atom. The number of carboxylic acid groups (broad SMARTS) is 1. The number of methoxy groups -OCH3 is 1. The molecule has 0 bridgehead atoms. The van der Waals surface area contributed by atoms with Crippen molar-refractivity contribution in [1.82, 2.24) is 0 Å². The van der Waals surface area contributed by atoms with Gasteiger partial charge in [-0.25, -0.2) is 0 Å². The number of carbonyl (C=O) groups excluding carboxylic acids is 2. The molecule has 4 heteroatoms. The molecule has 0 saturated carbocycles. The SMILES string of the molecule is COc1ccc(C(=O)CCC(=O)[O-])cc1. The monoisotopic (exact) mass is 207 g/mol. The molecular weight excluding hydrogens is 196 g/mol. The van der Waals surface area contributed by atoms with E-state index in [4.69, 9.17) is 4.74 Å². The molecular formula is C11H11O4-. The maximum Gasteiger partial charge on any atom is 0.163 e. The fraction of sp³-hybridized carbons (Fsp3) is 0.273. The lowest BCUT2D eigenvalue weighted by Gasteiger charge is -2.03. The van der Waals surface area contributed by atoms with Gasteiger partial charge < -0.3 is 14.6 Å². The van der Waals surface area contributed by atoms with Crippen molar-refractivity contribution in [2.45, 2.75) is 12.8 Å². The van der Waals surface area contributed by atoms with Crippen LogP contribution < -0.4 is 9.84 Å². The van der Waals surface area contributed by atoms with Crippen LogP contribution in [0.3, 0.4) is 0 Å². The predicted molar refractivity (Wildman–Crippen MR) is 51.6 cm³/mol. The number of aliphatic carboxylic acids is 1. The van der Waals surface area contributed by atoms with Crippen molar-refractivity contribution < 1.29 is 19.4 Å². The molecule has 0 atom stereocenters. The van der Waals surface area contributed by atoms with E-state index in [1.807, 2.05) is 0 Å². The standard InChI is InChI=1S/C11H12O4/c1-15-9-4-2-8(3-5-9)10(12)6-7-11(13)14/h2-5H,6-7H2,1H3,(H,13,14)/p-1. The molecule has 0 spiro atoms. The lowest BCUT2D eigenvalue weighted by Crippen LogP contribution is -2.22. The van der Waals surface area contributed by atoms with Gasteiger partial charge in [-0.3, -0.25) is 4.79 Å². The highest BCUT2D eigenvalue weighted by atomic mass is 16.5. The highest BCUT2D eigenvalue weighted by Gasteiger charge is 2.05. The molecule has 0 saturated heterocycles. The predicted octanol–water partition coefficient (Wildman–Crippen LogP) is 0.408. The molecule has 0 amide bonds. The number of carboxylic acids is 1. The molecule has 0 N–H and O–H groups in total. The Kier molecular flexibility index (Phi) is 3.85. The molecule has 0 aromatic heterocycles. The second-order valence-corrected chi connectivity index (χ2v) is 3.02. The van der Waals surface area contributed by atoms with E-state index in [9.17, 15) is 14.7 Å². The summed E-state index contributed by atoms with van der Waals surface area (Å²) >= 11 is 0. The van der Waals surface area contributed by atoms with Crippen LogP contribution in [0, 0.1) is 0 Å². The second-order valence-electron chi connectivity index (χ2n) is 3.02. The molecule has 1 aromatic rings. The van der Waals surface area contributed by atoms with Gasteiger partial charge >= 0.3 is 0 Å². The summed E-state index contributed by atoms with van der Waals surface area (Å²) in [5, 5.41) is 10.2. The summed E-state index contributed by atoms with van der Waals surface area (Å²) in [6.07, 6.45) is -0.278. The molecule has 0 radical (unpaired) electrons. The molecule has 0 unspecified atom stereocenters. The van der Waals surface area contributed by atoms with E-state index in [0.29, 0.717) is 11.3 Å². The first-order valence-corrected chi connectivity index (χ1v) is 4.50. The van der Waals surface area contributed by atoms with Gasteiger partial charge in [-0.2, -0.15) is 0 Å². The summed E-state index contributed by atoms with van der Waals surface area (Å²) < 4.78 is 4.93. The molecule has 4 nitrogen and oxygen atoms in total. The van der Waals surface area contributed by atoms with Gasteiger partial charge in [0.2, 0.25) is 0 Å². The van der Waals surface area contributed by atoms with E-state index in [1.165, 1.54) is 7.11 Å². The first-order chi connectivity index (χ1) is 7.13. The largest absolute Gasteiger partial charge is 0.550 e. The van der Waals surface area contributed by atoms with Crippen molar-refractivity contribution in [3.05, 3.63) is 29.8 Å². The number of rotatable bonds is 5. The molecule has 15 heavy (non-hydrogen) atoms. The van der Waals surface area contributed by atoms with Crippen molar-refractivity contribution in [3.63, 3.8) is 0 Å². The van der Waals surface area contributed by atoms with E-state index in [1.54, 1.807) is 24.3 Å². The Bertz CT molecular complexity index is 353. The fourth-order valence-corrected chi connectivity index (χ4v) is 1.14. The molecule has 0 aliphatic carbocycles. The Morgan fingerprint density at radius 1 is 1.20 bits per heavy atom. The molecule has 1 rings (SSSR count). The number of carbonyl (C=O) groups is 2.